The van der Waals surface area contributed by atoms with Crippen molar-refractivity contribution in [1.82, 2.24) is 10.3 Å². The van der Waals surface area contributed by atoms with E-state index in [4.69, 9.17) is 0 Å². The van der Waals surface area contributed by atoms with Gasteiger partial charge in [-0.2, -0.15) is 0 Å². The molecule has 2 unspecified atom stereocenters. The van der Waals surface area contributed by atoms with Crippen LogP contribution in [0.3, 0.4) is 0 Å². The van der Waals surface area contributed by atoms with Crippen LogP contribution in [0, 0.1) is 11.8 Å². The zero-order valence-corrected chi connectivity index (χ0v) is 12.5. The van der Waals surface area contributed by atoms with E-state index < -0.39 is 0 Å². The molecule has 1 heterocycles. The van der Waals surface area contributed by atoms with Gasteiger partial charge < -0.3 is 5.32 Å². The third kappa shape index (κ3) is 2.71. The van der Waals surface area contributed by atoms with Crippen molar-refractivity contribution in [3.05, 3.63) is 42.2 Å². The second-order valence-corrected chi connectivity index (χ2v) is 6.44. The lowest BCUT2D eigenvalue weighted by molar-refractivity contribution is 0.244. The van der Waals surface area contributed by atoms with Crippen molar-refractivity contribution in [2.24, 2.45) is 11.8 Å². The second kappa shape index (κ2) is 5.92. The summed E-state index contributed by atoms with van der Waals surface area (Å²) in [6, 6.07) is 8.82. The Hall–Kier alpha value is -1.41. The highest BCUT2D eigenvalue weighted by Crippen LogP contribution is 2.44. The van der Waals surface area contributed by atoms with E-state index in [2.05, 4.69) is 48.4 Å². The SMILES string of the molecule is CC(C)CNCC1CCC1c1cccc2cnccc12. The Kier molecular flexibility index (Phi) is 4.02. The largest absolute Gasteiger partial charge is 0.316 e. The quantitative estimate of drug-likeness (QED) is 0.887. The zero-order valence-electron chi connectivity index (χ0n) is 12.5. The Labute approximate surface area is 121 Å². The standard InChI is InChI=1S/C18H24N2/c1-13(2)10-20-12-15-6-7-16(15)18-5-3-4-14-11-19-9-8-17(14)18/h3-5,8-9,11,13,15-16,20H,6-7,10,12H2,1-2H3. The number of pyridine rings is 1. The minimum atomic E-state index is 0.723. The molecule has 2 heteroatoms. The predicted molar refractivity (Wildman–Crippen MR) is 84.9 cm³/mol. The van der Waals surface area contributed by atoms with E-state index in [-0.39, 0.29) is 0 Å². The molecule has 3 rings (SSSR count). The van der Waals surface area contributed by atoms with E-state index in [1.54, 1.807) is 0 Å². The number of hydrogen-bond donors (Lipinski definition) is 1. The molecule has 2 aromatic rings. The van der Waals surface area contributed by atoms with E-state index in [1.807, 2.05) is 12.4 Å². The molecule has 1 aliphatic carbocycles. The average Bonchev–Trinajstić information content (AvgIpc) is 2.42. The number of hydrogen-bond acceptors (Lipinski definition) is 2. The molecule has 0 aliphatic heterocycles. The predicted octanol–water partition coefficient (Wildman–Crippen LogP) is 3.97. The molecule has 0 bridgehead atoms. The van der Waals surface area contributed by atoms with Crippen molar-refractivity contribution in [2.75, 3.05) is 13.1 Å². The van der Waals surface area contributed by atoms with Crippen molar-refractivity contribution < 1.29 is 0 Å². The first-order valence-electron chi connectivity index (χ1n) is 7.79. The highest BCUT2D eigenvalue weighted by atomic mass is 14.9. The van der Waals surface area contributed by atoms with Gasteiger partial charge in [0.05, 0.1) is 0 Å². The molecule has 1 fully saturated rings. The van der Waals surface area contributed by atoms with E-state index in [9.17, 15) is 0 Å². The fourth-order valence-corrected chi connectivity index (χ4v) is 3.25. The van der Waals surface area contributed by atoms with Crippen LogP contribution in [0.25, 0.3) is 10.8 Å². The number of benzene rings is 1. The number of fused-ring (bicyclic) bond motifs is 1. The molecule has 1 aromatic carbocycles. The van der Waals surface area contributed by atoms with Gasteiger partial charge in [-0.25, -0.2) is 0 Å². The molecule has 0 amide bonds. The number of nitrogens with zero attached hydrogens (tertiary/aromatic N) is 1. The molecule has 0 spiro atoms. The molecule has 2 atom stereocenters. The van der Waals surface area contributed by atoms with Gasteiger partial charge in [0.15, 0.2) is 0 Å². The van der Waals surface area contributed by atoms with Crippen LogP contribution in [0.2, 0.25) is 0 Å². The lowest BCUT2D eigenvalue weighted by atomic mass is 9.69. The van der Waals surface area contributed by atoms with Crippen LogP contribution in [-0.2, 0) is 0 Å². The van der Waals surface area contributed by atoms with Gasteiger partial charge in [0, 0.05) is 17.8 Å². The van der Waals surface area contributed by atoms with Crippen molar-refractivity contribution in [1.29, 1.82) is 0 Å². The normalized spacial score (nSPS) is 22.1. The summed E-state index contributed by atoms with van der Waals surface area (Å²) < 4.78 is 0. The third-order valence-corrected chi connectivity index (χ3v) is 4.49. The first kappa shape index (κ1) is 13.6. The molecular formula is C18H24N2. The van der Waals surface area contributed by atoms with Gasteiger partial charge >= 0.3 is 0 Å². The van der Waals surface area contributed by atoms with Gasteiger partial charge in [0.1, 0.15) is 0 Å². The first-order chi connectivity index (χ1) is 9.75. The van der Waals surface area contributed by atoms with Crippen LogP contribution in [0.5, 0.6) is 0 Å². The fraction of sp³-hybridized carbons (Fsp3) is 0.500. The topological polar surface area (TPSA) is 24.9 Å². The number of aromatic nitrogens is 1. The molecule has 0 radical (unpaired) electrons. The Morgan fingerprint density at radius 2 is 2.15 bits per heavy atom. The van der Waals surface area contributed by atoms with Gasteiger partial charge in [-0.05, 0) is 60.7 Å². The highest BCUT2D eigenvalue weighted by Gasteiger charge is 2.32. The monoisotopic (exact) mass is 268 g/mol. The second-order valence-electron chi connectivity index (χ2n) is 6.44. The van der Waals surface area contributed by atoms with Crippen LogP contribution in [0.1, 0.15) is 38.2 Å². The van der Waals surface area contributed by atoms with Crippen molar-refractivity contribution in [3.63, 3.8) is 0 Å². The molecule has 1 aromatic heterocycles. The smallest absolute Gasteiger partial charge is 0.0346 e. The highest BCUT2D eigenvalue weighted by molar-refractivity contribution is 5.85. The maximum atomic E-state index is 4.23. The number of nitrogens with one attached hydrogen (secondary N) is 1. The molecular weight excluding hydrogens is 244 g/mol. The van der Waals surface area contributed by atoms with Gasteiger partial charge in [-0.3, -0.25) is 4.98 Å². The van der Waals surface area contributed by atoms with Crippen LogP contribution >= 0.6 is 0 Å². The molecule has 106 valence electrons. The first-order valence-corrected chi connectivity index (χ1v) is 7.79. The Morgan fingerprint density at radius 3 is 2.90 bits per heavy atom. The summed E-state index contributed by atoms with van der Waals surface area (Å²) in [7, 11) is 0. The van der Waals surface area contributed by atoms with Gasteiger partial charge in [-0.1, -0.05) is 32.0 Å². The van der Waals surface area contributed by atoms with Crippen LogP contribution in [0.4, 0.5) is 0 Å². The molecule has 2 nitrogen and oxygen atoms in total. The maximum Gasteiger partial charge on any atom is 0.0346 e. The minimum Gasteiger partial charge on any atom is -0.316 e. The summed E-state index contributed by atoms with van der Waals surface area (Å²) in [6.07, 6.45) is 6.58. The summed E-state index contributed by atoms with van der Waals surface area (Å²) in [5.74, 6) is 2.26. The Balaban J connectivity index is 1.74. The number of rotatable bonds is 5. The van der Waals surface area contributed by atoms with Crippen molar-refractivity contribution >= 4 is 10.8 Å². The van der Waals surface area contributed by atoms with Crippen LogP contribution < -0.4 is 5.32 Å². The van der Waals surface area contributed by atoms with Gasteiger partial charge in [0.2, 0.25) is 0 Å². The summed E-state index contributed by atoms with van der Waals surface area (Å²) >= 11 is 0. The average molecular weight is 268 g/mol. The van der Waals surface area contributed by atoms with E-state index in [0.29, 0.717) is 0 Å². The van der Waals surface area contributed by atoms with Crippen LogP contribution in [-0.4, -0.2) is 18.1 Å². The molecule has 20 heavy (non-hydrogen) atoms. The zero-order chi connectivity index (χ0) is 13.9. The molecule has 1 N–H and O–H groups in total. The summed E-state index contributed by atoms with van der Waals surface area (Å²) in [5.41, 5.74) is 1.52. The minimum absolute atomic E-state index is 0.723. The van der Waals surface area contributed by atoms with E-state index in [1.165, 1.54) is 29.2 Å². The molecule has 0 saturated heterocycles. The lowest BCUT2D eigenvalue weighted by Gasteiger charge is -2.38. The summed E-state index contributed by atoms with van der Waals surface area (Å²) in [4.78, 5) is 4.23. The Bertz CT molecular complexity index is 571. The van der Waals surface area contributed by atoms with Gasteiger partial charge in [-0.15, -0.1) is 0 Å². The lowest BCUT2D eigenvalue weighted by Crippen LogP contribution is -2.35. The van der Waals surface area contributed by atoms with Crippen LogP contribution in [0.15, 0.2) is 36.7 Å². The van der Waals surface area contributed by atoms with Gasteiger partial charge in [0.25, 0.3) is 0 Å². The van der Waals surface area contributed by atoms with Crippen molar-refractivity contribution in [3.8, 4) is 0 Å². The summed E-state index contributed by atoms with van der Waals surface area (Å²) in [6.45, 7) is 6.82. The fourth-order valence-electron chi connectivity index (χ4n) is 3.25. The molecule has 1 aliphatic rings. The third-order valence-electron chi connectivity index (χ3n) is 4.49. The Morgan fingerprint density at radius 1 is 1.25 bits per heavy atom. The van der Waals surface area contributed by atoms with Crippen molar-refractivity contribution in [2.45, 2.75) is 32.6 Å². The van der Waals surface area contributed by atoms with E-state index >= 15 is 0 Å². The molecule has 1 saturated carbocycles. The van der Waals surface area contributed by atoms with E-state index in [0.717, 1.165) is 30.8 Å². The summed E-state index contributed by atoms with van der Waals surface area (Å²) in [5, 5.41) is 6.28. The maximum absolute atomic E-state index is 4.23.